The van der Waals surface area contributed by atoms with Crippen molar-refractivity contribution in [2.24, 2.45) is 17.8 Å². The number of halogens is 3. The predicted molar refractivity (Wildman–Crippen MR) is 121 cm³/mol. The van der Waals surface area contributed by atoms with Crippen molar-refractivity contribution in [2.75, 3.05) is 18.0 Å². The number of hydrogen-bond donors (Lipinski definition) is 0. The zero-order valence-electron chi connectivity index (χ0n) is 18.0. The number of pyridine rings is 1. The summed E-state index contributed by atoms with van der Waals surface area (Å²) in [5.74, 6) is -1.56. The lowest BCUT2D eigenvalue weighted by Crippen LogP contribution is -2.42. The second kappa shape index (κ2) is 7.83. The zero-order valence-corrected chi connectivity index (χ0v) is 18.8. The van der Waals surface area contributed by atoms with Crippen LogP contribution in [0.5, 0.6) is 0 Å². The molecule has 1 aromatic carbocycles. The molecule has 1 saturated heterocycles. The van der Waals surface area contributed by atoms with Crippen molar-refractivity contribution in [3.63, 3.8) is 0 Å². The standard InChI is InChI=1S/C24H22F3N5S/c1-13-9-21(33-30-13)31-11-14-4-5-15(12-31)18(14)10-20-28-24-17(3-2-8-32(24)29-20)16-6-7-19(25)23(27)22(16)26/h2-3,6-9,14-15,18H,4-5,10-12H2,1H3/t14-,15+,18?. The van der Waals surface area contributed by atoms with Gasteiger partial charge in [-0.25, -0.2) is 22.7 Å². The molecule has 2 aliphatic rings. The second-order valence-corrected chi connectivity index (χ2v) is 9.90. The molecule has 6 rings (SSSR count). The normalized spacial score (nSPS) is 22.4. The maximum Gasteiger partial charge on any atom is 0.195 e. The summed E-state index contributed by atoms with van der Waals surface area (Å²) >= 11 is 1.57. The van der Waals surface area contributed by atoms with Gasteiger partial charge in [-0.2, -0.15) is 9.47 Å². The molecule has 170 valence electrons. The van der Waals surface area contributed by atoms with Crippen molar-refractivity contribution in [2.45, 2.75) is 26.2 Å². The van der Waals surface area contributed by atoms with E-state index in [1.165, 1.54) is 23.9 Å². The van der Waals surface area contributed by atoms with Gasteiger partial charge in [0.05, 0.1) is 5.69 Å². The molecule has 1 aliphatic heterocycles. The van der Waals surface area contributed by atoms with Gasteiger partial charge in [-0.15, -0.1) is 0 Å². The van der Waals surface area contributed by atoms with Crippen LogP contribution in [-0.4, -0.2) is 32.1 Å². The van der Waals surface area contributed by atoms with E-state index in [-0.39, 0.29) is 5.56 Å². The highest BCUT2D eigenvalue weighted by molar-refractivity contribution is 7.10. The number of benzene rings is 1. The van der Waals surface area contributed by atoms with Crippen LogP contribution >= 0.6 is 11.5 Å². The second-order valence-electron chi connectivity index (χ2n) is 9.12. The molecule has 1 unspecified atom stereocenters. The van der Waals surface area contributed by atoms with Crippen LogP contribution in [0.4, 0.5) is 18.2 Å². The summed E-state index contributed by atoms with van der Waals surface area (Å²) in [6.07, 6.45) is 4.90. The molecule has 5 nitrogen and oxygen atoms in total. The lowest BCUT2D eigenvalue weighted by molar-refractivity contribution is 0.266. The van der Waals surface area contributed by atoms with Crippen molar-refractivity contribution in [1.29, 1.82) is 0 Å². The van der Waals surface area contributed by atoms with Gasteiger partial charge in [0.1, 0.15) is 5.00 Å². The molecule has 1 saturated carbocycles. The SMILES string of the molecule is Cc1cc(N2C[C@H]3CC[C@@H](C2)C3Cc2nc3c(-c4ccc(F)c(F)c4F)cccn3n2)sn1. The monoisotopic (exact) mass is 469 g/mol. The van der Waals surface area contributed by atoms with Gasteiger partial charge in [0.2, 0.25) is 0 Å². The molecule has 9 heteroatoms. The molecule has 2 fully saturated rings. The number of fused-ring (bicyclic) bond motifs is 3. The van der Waals surface area contributed by atoms with Crippen LogP contribution in [-0.2, 0) is 6.42 Å². The Balaban J connectivity index is 1.28. The fourth-order valence-corrected chi connectivity index (χ4v) is 6.32. The summed E-state index contributed by atoms with van der Waals surface area (Å²) in [7, 11) is 0. The first-order valence-corrected chi connectivity index (χ1v) is 11.9. The molecule has 4 heterocycles. The number of aryl methyl sites for hydroxylation is 1. The lowest BCUT2D eigenvalue weighted by Gasteiger charge is -2.38. The van der Waals surface area contributed by atoms with Gasteiger partial charge in [0, 0.05) is 36.8 Å². The number of piperidine rings is 1. The third-order valence-electron chi connectivity index (χ3n) is 7.11. The Kier molecular flexibility index (Phi) is 4.90. The van der Waals surface area contributed by atoms with Crippen LogP contribution in [0, 0.1) is 42.1 Å². The fourth-order valence-electron chi connectivity index (χ4n) is 5.54. The van der Waals surface area contributed by atoms with Crippen LogP contribution in [0.25, 0.3) is 16.8 Å². The van der Waals surface area contributed by atoms with Crippen molar-refractivity contribution < 1.29 is 13.2 Å². The molecular weight excluding hydrogens is 447 g/mol. The first kappa shape index (κ1) is 20.7. The Hall–Kier alpha value is -2.94. The molecule has 0 spiro atoms. The van der Waals surface area contributed by atoms with E-state index in [1.54, 1.807) is 34.4 Å². The van der Waals surface area contributed by atoms with E-state index in [0.29, 0.717) is 34.8 Å². The van der Waals surface area contributed by atoms with E-state index < -0.39 is 17.5 Å². The maximum atomic E-state index is 14.5. The molecule has 1 aliphatic carbocycles. The molecule has 0 radical (unpaired) electrons. The Labute approximate surface area is 193 Å². The third kappa shape index (κ3) is 3.49. The zero-order chi connectivity index (χ0) is 22.7. The van der Waals surface area contributed by atoms with Crippen molar-refractivity contribution >= 4 is 22.2 Å². The highest BCUT2D eigenvalue weighted by Gasteiger charge is 2.42. The lowest BCUT2D eigenvalue weighted by atomic mass is 9.82. The van der Waals surface area contributed by atoms with Gasteiger partial charge in [0.25, 0.3) is 0 Å². The average molecular weight is 470 g/mol. The van der Waals surface area contributed by atoms with E-state index in [2.05, 4.69) is 20.4 Å². The topological polar surface area (TPSA) is 46.3 Å². The van der Waals surface area contributed by atoms with Gasteiger partial charge in [-0.1, -0.05) is 0 Å². The van der Waals surface area contributed by atoms with E-state index in [0.717, 1.165) is 31.3 Å². The Morgan fingerprint density at radius 2 is 1.82 bits per heavy atom. The highest BCUT2D eigenvalue weighted by atomic mass is 32.1. The smallest absolute Gasteiger partial charge is 0.195 e. The average Bonchev–Trinajstić information content (AvgIpc) is 3.48. The van der Waals surface area contributed by atoms with Crippen LogP contribution in [0.1, 0.15) is 24.4 Å². The van der Waals surface area contributed by atoms with Crippen LogP contribution in [0.15, 0.2) is 36.5 Å². The van der Waals surface area contributed by atoms with Gasteiger partial charge >= 0.3 is 0 Å². The number of aromatic nitrogens is 4. The Morgan fingerprint density at radius 1 is 1.03 bits per heavy atom. The molecule has 4 aromatic rings. The number of nitrogens with zero attached hydrogens (tertiary/aromatic N) is 5. The van der Waals surface area contributed by atoms with Gasteiger partial charge in [-0.05, 0) is 79.4 Å². The van der Waals surface area contributed by atoms with E-state index in [1.807, 2.05) is 6.92 Å². The third-order valence-corrected chi connectivity index (χ3v) is 8.05. The van der Waals surface area contributed by atoms with Crippen molar-refractivity contribution in [3.05, 3.63) is 65.5 Å². The number of hydrogen-bond acceptors (Lipinski definition) is 5. The predicted octanol–water partition coefficient (Wildman–Crippen LogP) is 5.28. The summed E-state index contributed by atoms with van der Waals surface area (Å²) < 4.78 is 47.7. The minimum absolute atomic E-state index is 0.0216. The highest BCUT2D eigenvalue weighted by Crippen LogP contribution is 2.45. The fraction of sp³-hybridized carbons (Fsp3) is 0.375. The minimum Gasteiger partial charge on any atom is -0.362 e. The van der Waals surface area contributed by atoms with Gasteiger partial charge in [-0.3, -0.25) is 0 Å². The molecule has 3 atom stereocenters. The largest absolute Gasteiger partial charge is 0.362 e. The van der Waals surface area contributed by atoms with Crippen molar-refractivity contribution in [1.82, 2.24) is 19.0 Å². The summed E-state index contributed by atoms with van der Waals surface area (Å²) in [6, 6.07) is 7.70. The number of anilines is 1. The first-order valence-electron chi connectivity index (χ1n) is 11.1. The summed E-state index contributed by atoms with van der Waals surface area (Å²) in [4.78, 5) is 7.16. The van der Waals surface area contributed by atoms with Crippen LogP contribution in [0.2, 0.25) is 0 Å². The summed E-state index contributed by atoms with van der Waals surface area (Å²) in [5, 5.41) is 5.88. The minimum atomic E-state index is -1.48. The van der Waals surface area contributed by atoms with E-state index in [9.17, 15) is 13.2 Å². The molecule has 0 N–H and O–H groups in total. The molecule has 3 aromatic heterocycles. The Bertz CT molecular complexity index is 1340. The summed E-state index contributed by atoms with van der Waals surface area (Å²) in [6.45, 7) is 4.06. The molecule has 2 bridgehead atoms. The summed E-state index contributed by atoms with van der Waals surface area (Å²) in [5.41, 5.74) is 1.88. The quantitative estimate of drug-likeness (QED) is 0.382. The number of rotatable bonds is 4. The maximum absolute atomic E-state index is 14.5. The van der Waals surface area contributed by atoms with Crippen molar-refractivity contribution in [3.8, 4) is 11.1 Å². The molecule has 33 heavy (non-hydrogen) atoms. The first-order chi connectivity index (χ1) is 16.0. The van der Waals surface area contributed by atoms with Gasteiger partial charge in [0.15, 0.2) is 28.9 Å². The Morgan fingerprint density at radius 3 is 2.55 bits per heavy atom. The van der Waals surface area contributed by atoms with Crippen LogP contribution < -0.4 is 4.90 Å². The van der Waals surface area contributed by atoms with Gasteiger partial charge < -0.3 is 4.90 Å². The van der Waals surface area contributed by atoms with E-state index >= 15 is 0 Å². The molecular formula is C24H22F3N5S. The molecule has 0 amide bonds. The van der Waals surface area contributed by atoms with E-state index in [4.69, 9.17) is 4.98 Å². The van der Waals surface area contributed by atoms with Crippen LogP contribution in [0.3, 0.4) is 0 Å².